The van der Waals surface area contributed by atoms with Crippen LogP contribution in [0.2, 0.25) is 0 Å². The van der Waals surface area contributed by atoms with Gasteiger partial charge in [-0.05, 0) is 49.8 Å². The van der Waals surface area contributed by atoms with E-state index in [0.717, 1.165) is 22.4 Å². The van der Waals surface area contributed by atoms with E-state index in [9.17, 15) is 13.2 Å². The molecular formula is C19H24ClN3O3S. The lowest BCUT2D eigenvalue weighted by molar-refractivity contribution is 0.0780. The van der Waals surface area contributed by atoms with Gasteiger partial charge in [0, 0.05) is 31.5 Å². The van der Waals surface area contributed by atoms with Gasteiger partial charge in [0.05, 0.1) is 10.5 Å². The van der Waals surface area contributed by atoms with E-state index in [1.54, 1.807) is 30.3 Å². The number of halogens is 1. The van der Waals surface area contributed by atoms with Crippen molar-refractivity contribution in [3.63, 3.8) is 0 Å². The molecule has 27 heavy (non-hydrogen) atoms. The molecule has 3 unspecified atom stereocenters. The van der Waals surface area contributed by atoms with E-state index < -0.39 is 10.0 Å². The van der Waals surface area contributed by atoms with Gasteiger partial charge < -0.3 is 10.6 Å². The second kappa shape index (κ2) is 7.30. The van der Waals surface area contributed by atoms with Crippen molar-refractivity contribution in [1.82, 2.24) is 8.87 Å². The minimum atomic E-state index is -3.69. The molecule has 3 atom stereocenters. The first-order valence-electron chi connectivity index (χ1n) is 8.91. The highest BCUT2D eigenvalue weighted by Gasteiger charge is 2.42. The van der Waals surface area contributed by atoms with E-state index >= 15 is 0 Å². The van der Waals surface area contributed by atoms with Crippen LogP contribution in [0.5, 0.6) is 0 Å². The van der Waals surface area contributed by atoms with Crippen LogP contribution in [0.1, 0.15) is 28.8 Å². The summed E-state index contributed by atoms with van der Waals surface area (Å²) in [4.78, 5) is 14.8. The number of hydrogen-bond donors (Lipinski definition) is 1. The molecule has 6 nitrogen and oxygen atoms in total. The van der Waals surface area contributed by atoms with Gasteiger partial charge in [-0.3, -0.25) is 4.79 Å². The summed E-state index contributed by atoms with van der Waals surface area (Å²) < 4.78 is 26.6. The van der Waals surface area contributed by atoms with E-state index in [4.69, 9.17) is 5.73 Å². The second-order valence-corrected chi connectivity index (χ2v) is 9.27. The maximum Gasteiger partial charge on any atom is 0.267 e. The van der Waals surface area contributed by atoms with Crippen LogP contribution in [0.25, 0.3) is 0 Å². The fourth-order valence-corrected chi connectivity index (χ4v) is 5.34. The molecule has 2 N–H and O–H groups in total. The number of amides is 1. The average Bonchev–Trinajstić information content (AvgIpc) is 3.32. The molecule has 2 fully saturated rings. The molecule has 2 heterocycles. The van der Waals surface area contributed by atoms with Crippen molar-refractivity contribution in [2.75, 3.05) is 13.1 Å². The standard InChI is InChI=1S/C19H23N3O3S.ClH/c1-13-2-5-16(6-3-13)26(24,25)22-9-8-15(11-22)19(23)21-10-14-4-7-18(20)17(14)12-21;/h2-3,5-6,8-9,11,14,17-18H,4,7,10,12,20H2,1H3;1H. The summed E-state index contributed by atoms with van der Waals surface area (Å²) in [7, 11) is -3.69. The number of aromatic nitrogens is 1. The van der Waals surface area contributed by atoms with Gasteiger partial charge >= 0.3 is 0 Å². The van der Waals surface area contributed by atoms with Gasteiger partial charge in [0.25, 0.3) is 15.9 Å². The number of aryl methyl sites for hydroxylation is 1. The Kier molecular flexibility index (Phi) is 5.38. The summed E-state index contributed by atoms with van der Waals surface area (Å²) >= 11 is 0. The number of nitrogens with two attached hydrogens (primary N) is 1. The van der Waals surface area contributed by atoms with E-state index in [1.165, 1.54) is 12.4 Å². The van der Waals surface area contributed by atoms with Gasteiger partial charge in [0.2, 0.25) is 0 Å². The summed E-state index contributed by atoms with van der Waals surface area (Å²) in [6.45, 7) is 3.29. The minimum absolute atomic E-state index is 0. The lowest BCUT2D eigenvalue weighted by Crippen LogP contribution is -2.33. The Hall–Kier alpha value is -1.83. The smallest absolute Gasteiger partial charge is 0.267 e. The molecule has 1 aliphatic carbocycles. The van der Waals surface area contributed by atoms with Crippen molar-refractivity contribution in [2.24, 2.45) is 17.6 Å². The minimum Gasteiger partial charge on any atom is -0.338 e. The maximum absolute atomic E-state index is 12.8. The molecule has 8 heteroatoms. The predicted molar refractivity (Wildman–Crippen MR) is 106 cm³/mol. The zero-order valence-electron chi connectivity index (χ0n) is 15.1. The maximum atomic E-state index is 12.8. The lowest BCUT2D eigenvalue weighted by Gasteiger charge is -2.18. The number of carbonyl (C=O) groups is 1. The van der Waals surface area contributed by atoms with Crippen LogP contribution >= 0.6 is 12.4 Å². The first-order chi connectivity index (χ1) is 12.4. The molecule has 1 saturated heterocycles. The molecule has 1 saturated carbocycles. The summed E-state index contributed by atoms with van der Waals surface area (Å²) in [5.41, 5.74) is 7.52. The van der Waals surface area contributed by atoms with Gasteiger partial charge in [-0.25, -0.2) is 12.4 Å². The number of carbonyl (C=O) groups excluding carboxylic acids is 1. The molecule has 0 spiro atoms. The first kappa shape index (κ1) is 19.9. The van der Waals surface area contributed by atoms with Crippen molar-refractivity contribution in [2.45, 2.75) is 30.7 Å². The van der Waals surface area contributed by atoms with Gasteiger partial charge in [-0.15, -0.1) is 12.4 Å². The van der Waals surface area contributed by atoms with Crippen LogP contribution in [0, 0.1) is 18.8 Å². The Morgan fingerprint density at radius 3 is 2.48 bits per heavy atom. The number of benzene rings is 1. The van der Waals surface area contributed by atoms with Crippen LogP contribution in [0.4, 0.5) is 0 Å². The summed E-state index contributed by atoms with van der Waals surface area (Å²) in [6, 6.07) is 8.42. The Morgan fingerprint density at radius 2 is 1.81 bits per heavy atom. The van der Waals surface area contributed by atoms with Crippen LogP contribution < -0.4 is 5.73 Å². The zero-order valence-corrected chi connectivity index (χ0v) is 16.7. The fourth-order valence-electron chi connectivity index (χ4n) is 4.14. The average molecular weight is 410 g/mol. The van der Waals surface area contributed by atoms with Crippen molar-refractivity contribution in [1.29, 1.82) is 0 Å². The fraction of sp³-hybridized carbons (Fsp3) is 0.421. The number of nitrogens with zero attached hydrogens (tertiary/aromatic N) is 2. The van der Waals surface area contributed by atoms with Gasteiger partial charge in [-0.2, -0.15) is 0 Å². The Bertz CT molecular complexity index is 939. The van der Waals surface area contributed by atoms with Crippen LogP contribution in [-0.2, 0) is 10.0 Å². The van der Waals surface area contributed by atoms with Crippen LogP contribution in [-0.4, -0.2) is 42.3 Å². The highest BCUT2D eigenvalue weighted by atomic mass is 35.5. The Morgan fingerprint density at radius 1 is 1.11 bits per heavy atom. The quantitative estimate of drug-likeness (QED) is 0.842. The molecule has 0 bridgehead atoms. The van der Waals surface area contributed by atoms with E-state index in [1.807, 2.05) is 11.8 Å². The van der Waals surface area contributed by atoms with Crippen molar-refractivity contribution < 1.29 is 13.2 Å². The van der Waals surface area contributed by atoms with Crippen molar-refractivity contribution in [3.8, 4) is 0 Å². The van der Waals surface area contributed by atoms with Crippen LogP contribution in [0.3, 0.4) is 0 Å². The third-order valence-corrected chi connectivity index (χ3v) is 7.36. The molecule has 1 aliphatic heterocycles. The van der Waals surface area contributed by atoms with E-state index in [0.29, 0.717) is 30.5 Å². The molecule has 2 aliphatic rings. The monoisotopic (exact) mass is 409 g/mol. The summed E-state index contributed by atoms with van der Waals surface area (Å²) in [5.74, 6) is 0.731. The Labute approximate surface area is 165 Å². The molecule has 1 aromatic carbocycles. The molecule has 1 aromatic heterocycles. The Balaban J connectivity index is 0.00000210. The zero-order chi connectivity index (χ0) is 18.5. The normalized spacial score (nSPS) is 24.5. The lowest BCUT2D eigenvalue weighted by atomic mass is 9.98. The SMILES string of the molecule is Cc1ccc(S(=O)(=O)n2ccc(C(=O)N3CC4CCC(N)C4C3)c2)cc1.Cl. The summed E-state index contributed by atoms with van der Waals surface area (Å²) in [5, 5.41) is 0. The number of rotatable bonds is 3. The third kappa shape index (κ3) is 3.51. The van der Waals surface area contributed by atoms with Crippen molar-refractivity contribution >= 4 is 28.3 Å². The molecule has 0 radical (unpaired) electrons. The third-order valence-electron chi connectivity index (χ3n) is 5.71. The van der Waals surface area contributed by atoms with Crippen LogP contribution in [0.15, 0.2) is 47.6 Å². The predicted octanol–water partition coefficient (Wildman–Crippen LogP) is 2.26. The summed E-state index contributed by atoms with van der Waals surface area (Å²) in [6.07, 6.45) is 4.94. The van der Waals surface area contributed by atoms with Gasteiger partial charge in [0.15, 0.2) is 0 Å². The highest BCUT2D eigenvalue weighted by molar-refractivity contribution is 7.90. The molecule has 4 rings (SSSR count). The molecule has 2 aromatic rings. The van der Waals surface area contributed by atoms with E-state index in [2.05, 4.69) is 0 Å². The second-order valence-electron chi connectivity index (χ2n) is 7.42. The number of likely N-dealkylation sites (tertiary alicyclic amines) is 1. The van der Waals surface area contributed by atoms with E-state index in [-0.39, 0.29) is 29.3 Å². The molecular weight excluding hydrogens is 386 g/mol. The highest BCUT2D eigenvalue weighted by Crippen LogP contribution is 2.37. The molecule has 146 valence electrons. The topological polar surface area (TPSA) is 85.4 Å². The first-order valence-corrected chi connectivity index (χ1v) is 10.4. The van der Waals surface area contributed by atoms with Gasteiger partial charge in [-0.1, -0.05) is 17.7 Å². The molecule has 1 amide bonds. The largest absolute Gasteiger partial charge is 0.338 e. The number of fused-ring (bicyclic) bond motifs is 1. The van der Waals surface area contributed by atoms with Crippen molar-refractivity contribution in [3.05, 3.63) is 53.9 Å². The number of hydrogen-bond acceptors (Lipinski definition) is 4. The van der Waals surface area contributed by atoms with Gasteiger partial charge in [0.1, 0.15) is 0 Å².